The van der Waals surface area contributed by atoms with Gasteiger partial charge in [-0.15, -0.1) is 0 Å². The summed E-state index contributed by atoms with van der Waals surface area (Å²) in [6, 6.07) is 0. The maximum Gasteiger partial charge on any atom is 0.335 e. The molecule has 0 aromatic rings. The number of aliphatic hydroxyl groups excluding tert-OH is 6. The molecule has 0 aliphatic rings. The van der Waals surface area contributed by atoms with Crippen LogP contribution in [0.4, 0.5) is 0 Å². The van der Waals surface area contributed by atoms with E-state index < -0.39 is 43.3 Å². The third-order valence-electron chi connectivity index (χ3n) is 2.15. The number of carbonyl (C=O) groups excluding carboxylic acids is 1. The molecule has 0 saturated heterocycles. The average molecular weight is 266 g/mol. The van der Waals surface area contributed by atoms with E-state index in [1.54, 1.807) is 0 Å². The summed E-state index contributed by atoms with van der Waals surface area (Å²) < 4.78 is 4.31. The molecule has 0 saturated carbocycles. The highest BCUT2D eigenvalue weighted by Gasteiger charge is 2.35. The summed E-state index contributed by atoms with van der Waals surface area (Å²) in [5.74, 6) is -0.994. The Kier molecular flexibility index (Phi) is 6.99. The second kappa shape index (κ2) is 7.41. The van der Waals surface area contributed by atoms with Crippen LogP contribution < -0.4 is 0 Å². The van der Waals surface area contributed by atoms with Gasteiger partial charge in [0.25, 0.3) is 0 Å². The van der Waals surface area contributed by atoms with Gasteiger partial charge in [-0.25, -0.2) is 4.79 Å². The molecule has 0 fully saturated rings. The third-order valence-corrected chi connectivity index (χ3v) is 2.15. The fourth-order valence-corrected chi connectivity index (χ4v) is 0.986. The molecule has 0 aromatic heterocycles. The van der Waals surface area contributed by atoms with Gasteiger partial charge in [0.1, 0.15) is 24.4 Å². The molecule has 0 aliphatic heterocycles. The van der Waals surface area contributed by atoms with Gasteiger partial charge in [0.15, 0.2) is 0 Å². The SMILES string of the molecule is C=C(C)C(=O)OC(O)[C@H](O)[C@@H](O)[C@H](O)[C@@H](O)CO. The lowest BCUT2D eigenvalue weighted by atomic mass is 10.0. The standard InChI is InChI=1S/C10H18O8/c1-4(2)9(16)18-10(17)8(15)7(14)6(13)5(12)3-11/h5-8,10-15,17H,1,3H2,2H3/t5-,6+,7-,8+,10?/m0/s1. The van der Waals surface area contributed by atoms with Crippen LogP contribution in [0.15, 0.2) is 12.2 Å². The lowest BCUT2D eigenvalue weighted by Crippen LogP contribution is -2.50. The van der Waals surface area contributed by atoms with Crippen LogP contribution in [0.3, 0.4) is 0 Å². The Morgan fingerprint density at radius 2 is 1.61 bits per heavy atom. The van der Waals surface area contributed by atoms with Crippen molar-refractivity contribution in [3.8, 4) is 0 Å². The van der Waals surface area contributed by atoms with E-state index in [2.05, 4.69) is 11.3 Å². The van der Waals surface area contributed by atoms with E-state index in [1.807, 2.05) is 0 Å². The van der Waals surface area contributed by atoms with Crippen molar-refractivity contribution in [1.82, 2.24) is 0 Å². The van der Waals surface area contributed by atoms with E-state index in [0.29, 0.717) is 0 Å². The Bertz CT molecular complexity index is 292. The van der Waals surface area contributed by atoms with Crippen LogP contribution in [-0.2, 0) is 9.53 Å². The minimum absolute atomic E-state index is 0.0355. The van der Waals surface area contributed by atoms with Crippen LogP contribution in [0, 0.1) is 0 Å². The molecule has 0 rings (SSSR count). The van der Waals surface area contributed by atoms with Crippen molar-refractivity contribution in [3.63, 3.8) is 0 Å². The molecular formula is C10H18O8. The van der Waals surface area contributed by atoms with E-state index in [-0.39, 0.29) is 5.57 Å². The van der Waals surface area contributed by atoms with Crippen molar-refractivity contribution < 1.29 is 40.2 Å². The molecule has 0 spiro atoms. The van der Waals surface area contributed by atoms with Gasteiger partial charge in [-0.1, -0.05) is 6.58 Å². The van der Waals surface area contributed by atoms with Crippen molar-refractivity contribution in [2.24, 2.45) is 0 Å². The van der Waals surface area contributed by atoms with Gasteiger partial charge in [-0.05, 0) is 6.92 Å². The first-order valence-electron chi connectivity index (χ1n) is 5.10. The van der Waals surface area contributed by atoms with Crippen molar-refractivity contribution >= 4 is 5.97 Å². The fraction of sp³-hybridized carbons (Fsp3) is 0.700. The highest BCUT2D eigenvalue weighted by molar-refractivity contribution is 5.87. The number of carbonyl (C=O) groups is 1. The lowest BCUT2D eigenvalue weighted by Gasteiger charge is -2.28. The molecule has 6 N–H and O–H groups in total. The van der Waals surface area contributed by atoms with Crippen LogP contribution in [-0.4, -0.2) is 73.9 Å². The smallest absolute Gasteiger partial charge is 0.335 e. The first kappa shape index (κ1) is 17.0. The van der Waals surface area contributed by atoms with Crippen LogP contribution in [0.1, 0.15) is 6.92 Å². The van der Waals surface area contributed by atoms with E-state index in [1.165, 1.54) is 6.92 Å². The van der Waals surface area contributed by atoms with Crippen molar-refractivity contribution in [2.45, 2.75) is 37.6 Å². The molecule has 106 valence electrons. The lowest BCUT2D eigenvalue weighted by molar-refractivity contribution is -0.211. The van der Waals surface area contributed by atoms with Crippen LogP contribution in [0.25, 0.3) is 0 Å². The molecule has 0 bridgehead atoms. The molecular weight excluding hydrogens is 248 g/mol. The Hall–Kier alpha value is -1.03. The van der Waals surface area contributed by atoms with Gasteiger partial charge in [0.05, 0.1) is 6.61 Å². The maximum absolute atomic E-state index is 11.0. The summed E-state index contributed by atoms with van der Waals surface area (Å²) >= 11 is 0. The van der Waals surface area contributed by atoms with Crippen molar-refractivity contribution in [3.05, 3.63) is 12.2 Å². The summed E-state index contributed by atoms with van der Waals surface area (Å²) in [6.45, 7) is 3.69. The number of rotatable bonds is 7. The Labute approximate surface area is 103 Å². The number of hydrogen-bond donors (Lipinski definition) is 6. The van der Waals surface area contributed by atoms with Gasteiger partial charge in [0.2, 0.25) is 6.29 Å². The Balaban J connectivity index is 4.49. The number of ether oxygens (including phenoxy) is 1. The predicted molar refractivity (Wildman–Crippen MR) is 58.0 cm³/mol. The van der Waals surface area contributed by atoms with Crippen molar-refractivity contribution in [1.29, 1.82) is 0 Å². The van der Waals surface area contributed by atoms with Crippen LogP contribution in [0.5, 0.6) is 0 Å². The fourth-order valence-electron chi connectivity index (χ4n) is 0.986. The molecule has 0 amide bonds. The summed E-state index contributed by atoms with van der Waals surface area (Å²) in [5.41, 5.74) is -0.0355. The first-order chi connectivity index (χ1) is 8.22. The summed E-state index contributed by atoms with van der Waals surface area (Å²) in [4.78, 5) is 11.0. The van der Waals surface area contributed by atoms with Crippen molar-refractivity contribution in [2.75, 3.05) is 6.61 Å². The topological polar surface area (TPSA) is 148 Å². The molecule has 1 unspecified atom stereocenters. The monoisotopic (exact) mass is 266 g/mol. The molecule has 0 radical (unpaired) electrons. The van der Waals surface area contributed by atoms with Gasteiger partial charge in [-0.2, -0.15) is 0 Å². The van der Waals surface area contributed by atoms with E-state index in [9.17, 15) is 25.2 Å². The quantitative estimate of drug-likeness (QED) is 0.161. The number of aliphatic hydroxyl groups is 6. The minimum atomic E-state index is -2.11. The summed E-state index contributed by atoms with van der Waals surface area (Å²) in [5, 5.41) is 54.8. The molecule has 8 nitrogen and oxygen atoms in total. The minimum Gasteiger partial charge on any atom is -0.430 e. The van der Waals surface area contributed by atoms with E-state index in [0.717, 1.165) is 0 Å². The van der Waals surface area contributed by atoms with Gasteiger partial charge in [0, 0.05) is 5.57 Å². The predicted octanol–water partition coefficient (Wildman–Crippen LogP) is -3.14. The molecule has 18 heavy (non-hydrogen) atoms. The number of hydrogen-bond acceptors (Lipinski definition) is 8. The van der Waals surface area contributed by atoms with Gasteiger partial charge < -0.3 is 35.4 Å². The molecule has 0 aromatic carbocycles. The number of esters is 1. The summed E-state index contributed by atoms with van der Waals surface area (Å²) in [7, 11) is 0. The molecule has 5 atom stereocenters. The highest BCUT2D eigenvalue weighted by atomic mass is 16.6. The maximum atomic E-state index is 11.0. The van der Waals surface area contributed by atoms with E-state index >= 15 is 0 Å². The molecule has 8 heteroatoms. The molecule has 0 heterocycles. The second-order valence-electron chi connectivity index (χ2n) is 3.80. The zero-order chi connectivity index (χ0) is 14.5. The Morgan fingerprint density at radius 1 is 1.11 bits per heavy atom. The molecule has 0 aliphatic carbocycles. The van der Waals surface area contributed by atoms with Crippen LogP contribution >= 0.6 is 0 Å². The zero-order valence-corrected chi connectivity index (χ0v) is 9.80. The highest BCUT2D eigenvalue weighted by Crippen LogP contribution is 2.10. The normalized spacial score (nSPS) is 19.5. The first-order valence-corrected chi connectivity index (χ1v) is 5.10. The largest absolute Gasteiger partial charge is 0.430 e. The third kappa shape index (κ3) is 4.69. The van der Waals surface area contributed by atoms with Gasteiger partial charge >= 0.3 is 5.97 Å². The van der Waals surface area contributed by atoms with E-state index in [4.69, 9.17) is 10.2 Å². The zero-order valence-electron chi connectivity index (χ0n) is 9.80. The average Bonchev–Trinajstić information content (AvgIpc) is 2.34. The Morgan fingerprint density at radius 3 is 2.00 bits per heavy atom. The van der Waals surface area contributed by atoms with Gasteiger partial charge in [-0.3, -0.25) is 0 Å². The second-order valence-corrected chi connectivity index (χ2v) is 3.80. The summed E-state index contributed by atoms with van der Waals surface area (Å²) in [6.07, 6.45) is -9.80. The van der Waals surface area contributed by atoms with Crippen LogP contribution in [0.2, 0.25) is 0 Å².